The van der Waals surface area contributed by atoms with Gasteiger partial charge in [0.05, 0.1) is 18.2 Å². The van der Waals surface area contributed by atoms with Gasteiger partial charge in [0.25, 0.3) is 0 Å². The number of aliphatic hydroxyl groups excluding tert-OH is 1. The predicted octanol–water partition coefficient (Wildman–Crippen LogP) is 2.02. The van der Waals surface area contributed by atoms with Crippen LogP contribution in [-0.2, 0) is 6.54 Å². The van der Waals surface area contributed by atoms with Crippen LogP contribution in [0.15, 0.2) is 36.7 Å². The molecule has 0 aliphatic carbocycles. The highest BCUT2D eigenvalue weighted by Crippen LogP contribution is 2.14. The van der Waals surface area contributed by atoms with Gasteiger partial charge in [0, 0.05) is 18.9 Å². The highest BCUT2D eigenvalue weighted by molar-refractivity contribution is 5.34. The van der Waals surface area contributed by atoms with Crippen molar-refractivity contribution < 1.29 is 18.6 Å². The first-order valence-corrected chi connectivity index (χ1v) is 7.29. The number of hydrogen-bond donors (Lipinski definition) is 1. The SMILES string of the molecule is CN(Cc1nccn1C(F)F)CC(O)COc1ccc(C#N)cc1. The first-order chi connectivity index (χ1) is 11.5. The number of aromatic nitrogens is 2. The molecule has 1 unspecified atom stereocenters. The molecule has 1 atom stereocenters. The number of alkyl halides is 2. The van der Waals surface area contributed by atoms with E-state index in [0.717, 1.165) is 4.57 Å². The number of nitriles is 1. The topological polar surface area (TPSA) is 74.3 Å². The molecule has 0 saturated heterocycles. The number of rotatable bonds is 8. The fraction of sp³-hybridized carbons (Fsp3) is 0.375. The molecule has 128 valence electrons. The van der Waals surface area contributed by atoms with Crippen LogP contribution in [0.2, 0.25) is 0 Å². The van der Waals surface area contributed by atoms with Crippen molar-refractivity contribution in [3.63, 3.8) is 0 Å². The Labute approximate surface area is 138 Å². The summed E-state index contributed by atoms with van der Waals surface area (Å²) in [6.45, 7) is -2.16. The quantitative estimate of drug-likeness (QED) is 0.798. The number of nitrogens with zero attached hydrogens (tertiary/aromatic N) is 4. The Bertz CT molecular complexity index is 682. The van der Waals surface area contributed by atoms with Crippen LogP contribution in [0, 0.1) is 11.3 Å². The van der Waals surface area contributed by atoms with Crippen LogP contribution < -0.4 is 4.74 Å². The lowest BCUT2D eigenvalue weighted by atomic mass is 10.2. The summed E-state index contributed by atoms with van der Waals surface area (Å²) in [5.74, 6) is 0.775. The number of halogens is 2. The average molecular weight is 336 g/mol. The second kappa shape index (κ2) is 8.38. The lowest BCUT2D eigenvalue weighted by Crippen LogP contribution is -2.33. The molecule has 0 aliphatic heterocycles. The van der Waals surface area contributed by atoms with Crippen LogP contribution in [-0.4, -0.2) is 45.9 Å². The van der Waals surface area contributed by atoms with E-state index in [0.29, 0.717) is 11.3 Å². The maximum Gasteiger partial charge on any atom is 0.319 e. The van der Waals surface area contributed by atoms with E-state index in [1.807, 2.05) is 6.07 Å². The maximum atomic E-state index is 12.8. The van der Waals surface area contributed by atoms with Crippen LogP contribution in [0.25, 0.3) is 0 Å². The summed E-state index contributed by atoms with van der Waals surface area (Å²) in [5, 5.41) is 18.7. The number of likely N-dealkylation sites (N-methyl/N-ethyl adjacent to an activating group) is 1. The number of benzene rings is 1. The van der Waals surface area contributed by atoms with Gasteiger partial charge in [-0.2, -0.15) is 14.0 Å². The Morgan fingerprint density at radius 3 is 2.71 bits per heavy atom. The smallest absolute Gasteiger partial charge is 0.319 e. The van der Waals surface area contributed by atoms with Crippen LogP contribution in [0.1, 0.15) is 17.9 Å². The van der Waals surface area contributed by atoms with Gasteiger partial charge in [-0.15, -0.1) is 0 Å². The second-order valence-electron chi connectivity index (χ2n) is 5.33. The maximum absolute atomic E-state index is 12.8. The van der Waals surface area contributed by atoms with Crippen molar-refractivity contribution in [3.8, 4) is 11.8 Å². The Morgan fingerprint density at radius 1 is 1.38 bits per heavy atom. The summed E-state index contributed by atoms with van der Waals surface area (Å²) >= 11 is 0. The molecule has 0 aliphatic rings. The van der Waals surface area contributed by atoms with Crippen molar-refractivity contribution >= 4 is 0 Å². The molecule has 0 bridgehead atoms. The summed E-state index contributed by atoms with van der Waals surface area (Å²) in [6, 6.07) is 8.55. The fourth-order valence-electron chi connectivity index (χ4n) is 2.18. The molecule has 24 heavy (non-hydrogen) atoms. The van der Waals surface area contributed by atoms with E-state index in [-0.39, 0.29) is 25.5 Å². The third-order valence-corrected chi connectivity index (χ3v) is 3.32. The third-order valence-electron chi connectivity index (χ3n) is 3.32. The molecule has 6 nitrogen and oxygen atoms in total. The van der Waals surface area contributed by atoms with Crippen molar-refractivity contribution in [2.45, 2.75) is 19.2 Å². The number of hydrogen-bond acceptors (Lipinski definition) is 5. The summed E-state index contributed by atoms with van der Waals surface area (Å²) in [5.41, 5.74) is 0.525. The predicted molar refractivity (Wildman–Crippen MR) is 82.5 cm³/mol. The minimum atomic E-state index is -2.64. The molecule has 2 rings (SSSR count). The molecule has 0 spiro atoms. The largest absolute Gasteiger partial charge is 0.491 e. The van der Waals surface area contributed by atoms with Crippen molar-refractivity contribution in [2.75, 3.05) is 20.2 Å². The van der Waals surface area contributed by atoms with E-state index >= 15 is 0 Å². The molecule has 0 fully saturated rings. The van der Waals surface area contributed by atoms with E-state index in [2.05, 4.69) is 4.98 Å². The summed E-state index contributed by atoms with van der Waals surface area (Å²) in [6.07, 6.45) is 1.75. The van der Waals surface area contributed by atoms with Gasteiger partial charge in [0.15, 0.2) is 0 Å². The lowest BCUT2D eigenvalue weighted by molar-refractivity contribution is 0.0572. The minimum Gasteiger partial charge on any atom is -0.491 e. The van der Waals surface area contributed by atoms with Gasteiger partial charge in [-0.05, 0) is 31.3 Å². The van der Waals surface area contributed by atoms with E-state index in [1.165, 1.54) is 12.4 Å². The van der Waals surface area contributed by atoms with Gasteiger partial charge in [-0.25, -0.2) is 4.98 Å². The minimum absolute atomic E-state index is 0.0551. The van der Waals surface area contributed by atoms with Gasteiger partial charge in [-0.1, -0.05) is 0 Å². The second-order valence-corrected chi connectivity index (χ2v) is 5.33. The molecule has 0 saturated carbocycles. The molecular weight excluding hydrogens is 318 g/mol. The van der Waals surface area contributed by atoms with Crippen LogP contribution in [0.3, 0.4) is 0 Å². The number of aliphatic hydroxyl groups is 1. The van der Waals surface area contributed by atoms with Gasteiger partial charge in [0.1, 0.15) is 24.3 Å². The summed E-state index contributed by atoms with van der Waals surface area (Å²) in [7, 11) is 1.70. The number of imidazole rings is 1. The summed E-state index contributed by atoms with van der Waals surface area (Å²) in [4.78, 5) is 5.59. The Balaban J connectivity index is 1.79. The zero-order chi connectivity index (χ0) is 17.5. The molecule has 0 radical (unpaired) electrons. The molecule has 8 heteroatoms. The monoisotopic (exact) mass is 336 g/mol. The van der Waals surface area contributed by atoms with E-state index in [1.54, 1.807) is 36.2 Å². The number of ether oxygens (including phenoxy) is 1. The van der Waals surface area contributed by atoms with E-state index in [4.69, 9.17) is 10.00 Å². The van der Waals surface area contributed by atoms with Crippen LogP contribution in [0.5, 0.6) is 5.75 Å². The molecule has 1 heterocycles. The fourth-order valence-corrected chi connectivity index (χ4v) is 2.18. The average Bonchev–Trinajstić information content (AvgIpc) is 3.01. The normalized spacial score (nSPS) is 12.4. The van der Waals surface area contributed by atoms with Crippen molar-refractivity contribution in [1.29, 1.82) is 5.26 Å². The van der Waals surface area contributed by atoms with Crippen LogP contribution in [0.4, 0.5) is 8.78 Å². The Kier molecular flexibility index (Phi) is 6.23. The molecular formula is C16H18F2N4O2. The molecule has 1 aromatic heterocycles. The third kappa shape index (κ3) is 5.01. The first kappa shape index (κ1) is 17.8. The van der Waals surface area contributed by atoms with Crippen molar-refractivity contribution in [2.24, 2.45) is 0 Å². The zero-order valence-electron chi connectivity index (χ0n) is 13.1. The van der Waals surface area contributed by atoms with E-state index in [9.17, 15) is 13.9 Å². The van der Waals surface area contributed by atoms with E-state index < -0.39 is 12.7 Å². The lowest BCUT2D eigenvalue weighted by Gasteiger charge is -2.21. The molecule has 1 N–H and O–H groups in total. The van der Waals surface area contributed by atoms with Gasteiger partial charge in [0.2, 0.25) is 0 Å². The van der Waals surface area contributed by atoms with Gasteiger partial charge in [-0.3, -0.25) is 9.47 Å². The van der Waals surface area contributed by atoms with Crippen LogP contribution >= 0.6 is 0 Å². The first-order valence-electron chi connectivity index (χ1n) is 7.29. The highest BCUT2D eigenvalue weighted by Gasteiger charge is 2.15. The Morgan fingerprint density at radius 2 is 2.08 bits per heavy atom. The highest BCUT2D eigenvalue weighted by atomic mass is 19.3. The molecule has 1 aromatic carbocycles. The standard InChI is InChI=1S/C16H18F2N4O2/c1-21(10-15-20-6-7-22(15)16(17)18)9-13(23)11-24-14-4-2-12(8-19)3-5-14/h2-7,13,16,23H,9-11H2,1H3. The van der Waals surface area contributed by atoms with Gasteiger partial charge >= 0.3 is 6.55 Å². The Hall–Kier alpha value is -2.50. The van der Waals surface area contributed by atoms with Crippen molar-refractivity contribution in [3.05, 3.63) is 48.0 Å². The molecule has 0 amide bonds. The van der Waals surface area contributed by atoms with Crippen molar-refractivity contribution in [1.82, 2.24) is 14.5 Å². The summed E-state index contributed by atoms with van der Waals surface area (Å²) < 4.78 is 31.7. The zero-order valence-corrected chi connectivity index (χ0v) is 13.1. The molecule has 2 aromatic rings. The van der Waals surface area contributed by atoms with Gasteiger partial charge < -0.3 is 9.84 Å².